The molecular formula is C24H18BrN3O3. The molecule has 154 valence electrons. The van der Waals surface area contributed by atoms with Crippen LogP contribution in [-0.2, 0) is 17.9 Å². The van der Waals surface area contributed by atoms with Crippen molar-refractivity contribution in [2.45, 2.75) is 13.1 Å². The predicted octanol–water partition coefficient (Wildman–Crippen LogP) is 5.47. The number of carbonyl (C=O) groups is 1. The number of carbonyl (C=O) groups excluding carboxylic acids is 1. The van der Waals surface area contributed by atoms with Crippen molar-refractivity contribution in [1.82, 2.24) is 4.90 Å². The van der Waals surface area contributed by atoms with Gasteiger partial charge in [-0.15, -0.1) is 0 Å². The minimum atomic E-state index is -0.440. The quantitative estimate of drug-likeness (QED) is 0.257. The molecule has 0 bridgehead atoms. The third-order valence-corrected chi connectivity index (χ3v) is 5.13. The lowest BCUT2D eigenvalue weighted by Gasteiger charge is -2.21. The van der Waals surface area contributed by atoms with Gasteiger partial charge in [0, 0.05) is 28.7 Å². The van der Waals surface area contributed by atoms with Gasteiger partial charge in [-0.3, -0.25) is 14.9 Å². The summed E-state index contributed by atoms with van der Waals surface area (Å²) in [7, 11) is 0. The molecule has 0 aliphatic rings. The monoisotopic (exact) mass is 475 g/mol. The zero-order chi connectivity index (χ0) is 22.2. The predicted molar refractivity (Wildman–Crippen MR) is 122 cm³/mol. The van der Waals surface area contributed by atoms with E-state index in [4.69, 9.17) is 5.26 Å². The van der Waals surface area contributed by atoms with Gasteiger partial charge in [-0.25, -0.2) is 0 Å². The van der Waals surface area contributed by atoms with Crippen LogP contribution >= 0.6 is 15.9 Å². The molecule has 0 radical (unpaired) electrons. The average Bonchev–Trinajstić information content (AvgIpc) is 2.79. The number of rotatable bonds is 7. The van der Waals surface area contributed by atoms with Crippen LogP contribution in [0.25, 0.3) is 6.08 Å². The molecule has 1 amide bonds. The lowest BCUT2D eigenvalue weighted by Crippen LogP contribution is -2.28. The summed E-state index contributed by atoms with van der Waals surface area (Å²) in [5, 5.41) is 20.3. The van der Waals surface area contributed by atoms with E-state index in [1.165, 1.54) is 12.1 Å². The number of benzene rings is 3. The first-order chi connectivity index (χ1) is 15.0. The lowest BCUT2D eigenvalue weighted by molar-refractivity contribution is -0.385. The molecule has 7 heteroatoms. The molecule has 0 aliphatic carbocycles. The molecule has 0 unspecified atom stereocenters. The first-order valence-electron chi connectivity index (χ1n) is 9.40. The van der Waals surface area contributed by atoms with Crippen molar-refractivity contribution in [2.24, 2.45) is 0 Å². The molecule has 0 saturated heterocycles. The normalized spacial score (nSPS) is 10.6. The molecule has 0 aromatic heterocycles. The standard InChI is InChI=1S/C24H18BrN3O3/c25-22-12-9-20(10-13-22)16-27(17-21-3-1-2-4-23(21)28(30)31)24(29)14-11-18-5-7-19(15-26)8-6-18/h1-14H,16-17H2/b14-11+. The Balaban J connectivity index is 1.86. The van der Waals surface area contributed by atoms with Gasteiger partial charge in [0.2, 0.25) is 5.91 Å². The van der Waals surface area contributed by atoms with Gasteiger partial charge < -0.3 is 4.90 Å². The van der Waals surface area contributed by atoms with Crippen molar-refractivity contribution in [2.75, 3.05) is 0 Å². The van der Waals surface area contributed by atoms with Crippen molar-refractivity contribution in [3.63, 3.8) is 0 Å². The van der Waals surface area contributed by atoms with Crippen LogP contribution in [0.1, 0.15) is 22.3 Å². The third-order valence-electron chi connectivity index (χ3n) is 4.61. The molecule has 0 fully saturated rings. The summed E-state index contributed by atoms with van der Waals surface area (Å²) in [5.74, 6) is -0.273. The fourth-order valence-corrected chi connectivity index (χ4v) is 3.26. The Labute approximate surface area is 188 Å². The van der Waals surface area contributed by atoms with E-state index in [9.17, 15) is 14.9 Å². The summed E-state index contributed by atoms with van der Waals surface area (Å²) in [6.45, 7) is 0.402. The topological polar surface area (TPSA) is 87.2 Å². The molecule has 0 spiro atoms. The maximum atomic E-state index is 13.0. The van der Waals surface area contributed by atoms with E-state index in [-0.39, 0.29) is 18.1 Å². The van der Waals surface area contributed by atoms with Gasteiger partial charge >= 0.3 is 0 Å². The highest BCUT2D eigenvalue weighted by molar-refractivity contribution is 9.10. The van der Waals surface area contributed by atoms with E-state index < -0.39 is 4.92 Å². The molecule has 3 aromatic carbocycles. The number of halogens is 1. The smallest absolute Gasteiger partial charge is 0.274 e. The average molecular weight is 476 g/mol. The molecular weight excluding hydrogens is 458 g/mol. The van der Waals surface area contributed by atoms with Crippen LogP contribution in [-0.4, -0.2) is 15.7 Å². The second kappa shape index (κ2) is 10.3. The van der Waals surface area contributed by atoms with Gasteiger partial charge in [0.1, 0.15) is 0 Å². The van der Waals surface area contributed by atoms with Crippen LogP contribution in [0.5, 0.6) is 0 Å². The molecule has 0 saturated carbocycles. The summed E-state index contributed by atoms with van der Waals surface area (Å²) < 4.78 is 0.925. The van der Waals surface area contributed by atoms with Crippen LogP contribution < -0.4 is 0 Å². The number of nitriles is 1. The van der Waals surface area contributed by atoms with E-state index in [1.54, 1.807) is 53.4 Å². The maximum Gasteiger partial charge on any atom is 0.274 e. The fourth-order valence-electron chi connectivity index (χ4n) is 2.99. The minimum Gasteiger partial charge on any atom is -0.330 e. The van der Waals surface area contributed by atoms with Gasteiger partial charge in [-0.1, -0.05) is 58.4 Å². The highest BCUT2D eigenvalue weighted by atomic mass is 79.9. The molecule has 0 aliphatic heterocycles. The summed E-state index contributed by atoms with van der Waals surface area (Å²) in [4.78, 5) is 25.5. The summed E-state index contributed by atoms with van der Waals surface area (Å²) >= 11 is 3.39. The van der Waals surface area contributed by atoms with E-state index in [1.807, 2.05) is 24.3 Å². The Hall–Kier alpha value is -3.76. The molecule has 3 rings (SSSR count). The molecule has 0 heterocycles. The van der Waals surface area contributed by atoms with Crippen LogP contribution in [0.4, 0.5) is 5.69 Å². The van der Waals surface area contributed by atoms with E-state index >= 15 is 0 Å². The zero-order valence-electron chi connectivity index (χ0n) is 16.4. The molecule has 31 heavy (non-hydrogen) atoms. The lowest BCUT2D eigenvalue weighted by atomic mass is 10.1. The van der Waals surface area contributed by atoms with Gasteiger partial charge in [-0.05, 0) is 41.5 Å². The van der Waals surface area contributed by atoms with Crippen molar-refractivity contribution in [3.8, 4) is 6.07 Å². The Bertz CT molecular complexity index is 1150. The van der Waals surface area contributed by atoms with Gasteiger partial charge in [-0.2, -0.15) is 5.26 Å². The second-order valence-electron chi connectivity index (χ2n) is 6.77. The summed E-state index contributed by atoms with van der Waals surface area (Å²) in [6.07, 6.45) is 3.10. The molecule has 0 N–H and O–H groups in total. The van der Waals surface area contributed by atoms with Crippen LogP contribution in [0.15, 0.2) is 83.3 Å². The molecule has 6 nitrogen and oxygen atoms in total. The zero-order valence-corrected chi connectivity index (χ0v) is 18.0. The number of para-hydroxylation sites is 1. The van der Waals surface area contributed by atoms with Crippen LogP contribution in [0.2, 0.25) is 0 Å². The summed E-state index contributed by atoms with van der Waals surface area (Å²) in [6, 6.07) is 22.9. The van der Waals surface area contributed by atoms with E-state index in [0.717, 1.165) is 15.6 Å². The first kappa shape index (κ1) is 21.9. The van der Waals surface area contributed by atoms with Crippen molar-refractivity contribution < 1.29 is 9.72 Å². The van der Waals surface area contributed by atoms with Crippen molar-refractivity contribution in [3.05, 3.63) is 116 Å². The highest BCUT2D eigenvalue weighted by Crippen LogP contribution is 2.21. The number of nitro benzene ring substituents is 1. The summed E-state index contributed by atoms with van der Waals surface area (Å²) in [5.41, 5.74) is 2.66. The van der Waals surface area contributed by atoms with Crippen molar-refractivity contribution in [1.29, 1.82) is 5.26 Å². The highest BCUT2D eigenvalue weighted by Gasteiger charge is 2.18. The van der Waals surface area contributed by atoms with Gasteiger partial charge in [0.05, 0.1) is 23.1 Å². The Morgan fingerprint density at radius 1 is 1.03 bits per heavy atom. The van der Waals surface area contributed by atoms with Gasteiger partial charge in [0.15, 0.2) is 0 Å². The van der Waals surface area contributed by atoms with Gasteiger partial charge in [0.25, 0.3) is 5.69 Å². The number of nitrogens with zero attached hydrogens (tertiary/aromatic N) is 3. The third kappa shape index (κ3) is 6.11. The Morgan fingerprint density at radius 2 is 1.71 bits per heavy atom. The molecule has 0 atom stereocenters. The van der Waals surface area contributed by atoms with Crippen molar-refractivity contribution >= 4 is 33.6 Å². The first-order valence-corrected chi connectivity index (χ1v) is 10.2. The maximum absolute atomic E-state index is 13.0. The number of hydrogen-bond donors (Lipinski definition) is 0. The Morgan fingerprint density at radius 3 is 2.35 bits per heavy atom. The minimum absolute atomic E-state index is 0.0211. The molecule has 3 aromatic rings. The fraction of sp³-hybridized carbons (Fsp3) is 0.0833. The number of nitro groups is 1. The van der Waals surface area contributed by atoms with E-state index in [2.05, 4.69) is 22.0 Å². The second-order valence-corrected chi connectivity index (χ2v) is 7.69. The van der Waals surface area contributed by atoms with Crippen LogP contribution in [0.3, 0.4) is 0 Å². The van der Waals surface area contributed by atoms with E-state index in [0.29, 0.717) is 17.7 Å². The number of amides is 1. The van der Waals surface area contributed by atoms with Crippen LogP contribution in [0, 0.1) is 21.4 Å². The number of hydrogen-bond acceptors (Lipinski definition) is 4. The Kier molecular flexibility index (Phi) is 7.31. The largest absolute Gasteiger partial charge is 0.330 e. The SMILES string of the molecule is N#Cc1ccc(/C=C/C(=O)N(Cc2ccc(Br)cc2)Cc2ccccc2[N+](=O)[O-])cc1.